The van der Waals surface area contributed by atoms with E-state index in [-0.39, 0.29) is 6.04 Å². The summed E-state index contributed by atoms with van der Waals surface area (Å²) in [5, 5.41) is 3.18. The van der Waals surface area contributed by atoms with Gasteiger partial charge in [-0.3, -0.25) is 0 Å². The van der Waals surface area contributed by atoms with Crippen LogP contribution in [0.5, 0.6) is 0 Å². The van der Waals surface area contributed by atoms with Crippen LogP contribution in [0.1, 0.15) is 29.7 Å². The van der Waals surface area contributed by atoms with Gasteiger partial charge in [-0.2, -0.15) is 0 Å². The minimum absolute atomic E-state index is 0.262. The van der Waals surface area contributed by atoms with E-state index >= 15 is 0 Å². The van der Waals surface area contributed by atoms with Crippen molar-refractivity contribution in [2.45, 2.75) is 26.3 Å². The smallest absolute Gasteiger partial charge is 0.194 e. The number of likely N-dealkylation sites (N-methyl/N-ethyl adjacent to an activating group) is 1. The molecule has 0 spiro atoms. The predicted molar refractivity (Wildman–Crippen MR) is 77.6 cm³/mol. The van der Waals surface area contributed by atoms with Crippen LogP contribution in [0.25, 0.3) is 0 Å². The molecule has 0 bridgehead atoms. The molecule has 1 unspecified atom stereocenters. The highest BCUT2D eigenvalue weighted by Gasteiger charge is 2.17. The van der Waals surface area contributed by atoms with Gasteiger partial charge in [0.05, 0.1) is 0 Å². The number of hydrogen-bond donors (Lipinski definition) is 1. The number of halogens is 3. The summed E-state index contributed by atoms with van der Waals surface area (Å²) in [6, 6.07) is 9.79. The maximum absolute atomic E-state index is 13.4. The van der Waals surface area contributed by atoms with Crippen LogP contribution in [-0.4, -0.2) is 6.54 Å². The molecule has 1 nitrogen and oxygen atoms in total. The lowest BCUT2D eigenvalue weighted by molar-refractivity contribution is 0.439. The van der Waals surface area contributed by atoms with Crippen molar-refractivity contribution in [3.05, 3.63) is 70.5 Å². The van der Waals surface area contributed by atoms with Crippen LogP contribution in [0.3, 0.4) is 0 Å². The zero-order valence-electron chi connectivity index (χ0n) is 12.1. The summed E-state index contributed by atoms with van der Waals surface area (Å²) in [6.07, 6.45) is 0.582. The van der Waals surface area contributed by atoms with E-state index in [1.165, 1.54) is 0 Å². The van der Waals surface area contributed by atoms with E-state index in [1.54, 1.807) is 0 Å². The van der Waals surface area contributed by atoms with Gasteiger partial charge in [-0.15, -0.1) is 0 Å². The predicted octanol–water partition coefficient (Wildman–Crippen LogP) is 4.31. The zero-order chi connectivity index (χ0) is 15.4. The van der Waals surface area contributed by atoms with Crippen LogP contribution in [0.15, 0.2) is 36.4 Å². The van der Waals surface area contributed by atoms with Crippen molar-refractivity contribution in [2.75, 3.05) is 6.54 Å². The van der Waals surface area contributed by atoms with Gasteiger partial charge in [0.1, 0.15) is 0 Å². The molecule has 1 N–H and O–H groups in total. The normalized spacial score (nSPS) is 12.4. The highest BCUT2D eigenvalue weighted by Crippen LogP contribution is 2.23. The number of hydrogen-bond acceptors (Lipinski definition) is 1. The first-order valence-corrected chi connectivity index (χ1v) is 6.94. The summed E-state index contributed by atoms with van der Waals surface area (Å²) in [5.74, 6) is -3.74. The van der Waals surface area contributed by atoms with Gasteiger partial charge in [0.15, 0.2) is 17.5 Å². The SMILES string of the molecule is CCNC(Cc1ccc(C)cc1)c1cc(F)c(F)c(F)c1. The summed E-state index contributed by atoms with van der Waals surface area (Å²) in [6.45, 7) is 4.56. The van der Waals surface area contributed by atoms with Crippen LogP contribution in [0, 0.1) is 24.4 Å². The second kappa shape index (κ2) is 6.76. The Kier molecular flexibility index (Phi) is 5.02. The van der Waals surface area contributed by atoms with Gasteiger partial charge in [-0.05, 0) is 43.1 Å². The number of nitrogens with one attached hydrogen (secondary N) is 1. The summed E-state index contributed by atoms with van der Waals surface area (Å²) in [7, 11) is 0. The molecule has 2 rings (SSSR count). The van der Waals surface area contributed by atoms with Crippen LogP contribution in [-0.2, 0) is 6.42 Å². The molecule has 2 aromatic rings. The first-order valence-electron chi connectivity index (χ1n) is 6.94. The lowest BCUT2D eigenvalue weighted by Crippen LogP contribution is -2.23. The van der Waals surface area contributed by atoms with E-state index < -0.39 is 17.5 Å². The Morgan fingerprint density at radius 3 is 2.10 bits per heavy atom. The molecule has 4 heteroatoms. The third-order valence-electron chi connectivity index (χ3n) is 3.42. The topological polar surface area (TPSA) is 12.0 Å². The maximum atomic E-state index is 13.4. The zero-order valence-corrected chi connectivity index (χ0v) is 12.1. The fourth-order valence-electron chi connectivity index (χ4n) is 2.29. The van der Waals surface area contributed by atoms with E-state index in [1.807, 2.05) is 38.1 Å². The Morgan fingerprint density at radius 1 is 1.00 bits per heavy atom. The molecule has 0 amide bonds. The molecule has 0 aliphatic carbocycles. The molecule has 21 heavy (non-hydrogen) atoms. The Balaban J connectivity index is 2.28. The van der Waals surface area contributed by atoms with Gasteiger partial charge < -0.3 is 5.32 Å². The fourth-order valence-corrected chi connectivity index (χ4v) is 2.29. The molecule has 0 aliphatic heterocycles. The van der Waals surface area contributed by atoms with Crippen molar-refractivity contribution in [1.29, 1.82) is 0 Å². The van der Waals surface area contributed by atoms with E-state index in [0.29, 0.717) is 18.5 Å². The third kappa shape index (κ3) is 3.85. The minimum atomic E-state index is -1.43. The average molecular weight is 293 g/mol. The second-order valence-electron chi connectivity index (χ2n) is 5.10. The molecular formula is C17H18F3N. The van der Waals surface area contributed by atoms with Crippen LogP contribution >= 0.6 is 0 Å². The number of rotatable bonds is 5. The molecule has 1 atom stereocenters. The van der Waals surface area contributed by atoms with Crippen molar-refractivity contribution in [1.82, 2.24) is 5.32 Å². The molecule has 2 aromatic carbocycles. The maximum Gasteiger partial charge on any atom is 0.194 e. The standard InChI is InChI=1S/C17H18F3N/c1-3-21-16(8-12-6-4-11(2)5-7-12)13-9-14(18)17(20)15(19)10-13/h4-7,9-10,16,21H,3,8H2,1-2H3. The van der Waals surface area contributed by atoms with Crippen LogP contribution < -0.4 is 5.32 Å². The van der Waals surface area contributed by atoms with Gasteiger partial charge in [0.25, 0.3) is 0 Å². The average Bonchev–Trinajstić information content (AvgIpc) is 2.46. The Morgan fingerprint density at radius 2 is 1.57 bits per heavy atom. The molecule has 0 radical (unpaired) electrons. The third-order valence-corrected chi connectivity index (χ3v) is 3.42. The van der Waals surface area contributed by atoms with Crippen molar-refractivity contribution in [3.63, 3.8) is 0 Å². The molecule has 0 saturated heterocycles. The summed E-state index contributed by atoms with van der Waals surface area (Å²) in [5.41, 5.74) is 2.61. The van der Waals surface area contributed by atoms with Crippen molar-refractivity contribution >= 4 is 0 Å². The van der Waals surface area contributed by atoms with Gasteiger partial charge in [0.2, 0.25) is 0 Å². The van der Waals surface area contributed by atoms with E-state index in [0.717, 1.165) is 23.3 Å². The minimum Gasteiger partial charge on any atom is -0.310 e. The largest absolute Gasteiger partial charge is 0.310 e. The summed E-state index contributed by atoms with van der Waals surface area (Å²) in [4.78, 5) is 0. The number of aryl methyl sites for hydroxylation is 1. The molecule has 0 fully saturated rings. The van der Waals surface area contributed by atoms with Crippen LogP contribution in [0.4, 0.5) is 13.2 Å². The highest BCUT2D eigenvalue weighted by atomic mass is 19.2. The monoisotopic (exact) mass is 293 g/mol. The summed E-state index contributed by atoms with van der Waals surface area (Å²) >= 11 is 0. The van der Waals surface area contributed by atoms with Crippen molar-refractivity contribution < 1.29 is 13.2 Å². The van der Waals surface area contributed by atoms with Crippen LogP contribution in [0.2, 0.25) is 0 Å². The van der Waals surface area contributed by atoms with Crippen molar-refractivity contribution in [2.24, 2.45) is 0 Å². The van der Waals surface area contributed by atoms with Gasteiger partial charge >= 0.3 is 0 Å². The first kappa shape index (κ1) is 15.6. The van der Waals surface area contributed by atoms with Gasteiger partial charge in [-0.1, -0.05) is 36.8 Å². The molecule has 0 aromatic heterocycles. The molecular weight excluding hydrogens is 275 g/mol. The van der Waals surface area contributed by atoms with Gasteiger partial charge in [0, 0.05) is 6.04 Å². The quantitative estimate of drug-likeness (QED) is 0.810. The lowest BCUT2D eigenvalue weighted by Gasteiger charge is -2.19. The Labute approximate surface area is 122 Å². The second-order valence-corrected chi connectivity index (χ2v) is 5.10. The number of benzene rings is 2. The molecule has 0 aliphatic rings. The summed E-state index contributed by atoms with van der Waals surface area (Å²) < 4.78 is 39.8. The Hall–Kier alpha value is -1.81. The van der Waals surface area contributed by atoms with E-state index in [2.05, 4.69) is 5.32 Å². The molecule has 112 valence electrons. The van der Waals surface area contributed by atoms with E-state index in [4.69, 9.17) is 0 Å². The lowest BCUT2D eigenvalue weighted by atomic mass is 9.98. The highest BCUT2D eigenvalue weighted by molar-refractivity contribution is 5.27. The van der Waals surface area contributed by atoms with Crippen molar-refractivity contribution in [3.8, 4) is 0 Å². The van der Waals surface area contributed by atoms with E-state index in [9.17, 15) is 13.2 Å². The Bertz CT molecular complexity index is 585. The fraction of sp³-hybridized carbons (Fsp3) is 0.294. The first-order chi connectivity index (χ1) is 10.0. The molecule has 0 saturated carbocycles. The van der Waals surface area contributed by atoms with Gasteiger partial charge in [-0.25, -0.2) is 13.2 Å². The molecule has 0 heterocycles.